The maximum absolute atomic E-state index is 9.92. The first-order chi connectivity index (χ1) is 16.9. The van der Waals surface area contributed by atoms with E-state index in [-0.39, 0.29) is 12.1 Å². The Balaban J connectivity index is 0.00000210. The smallest absolute Gasteiger partial charge is 0.0683 e. The maximum Gasteiger partial charge on any atom is -0.0683 e. The van der Waals surface area contributed by atoms with Gasteiger partial charge in [-0.2, -0.15) is 0 Å². The van der Waals surface area contributed by atoms with Crippen LogP contribution < -0.4 is 5.32 Å². The second-order valence-electron chi connectivity index (χ2n) is 8.54. The minimum atomic E-state index is -0.191. The van der Waals surface area contributed by atoms with Gasteiger partial charge < -0.3 is 0 Å². The van der Waals surface area contributed by atoms with E-state index in [2.05, 4.69) is 54.3 Å². The molecular formula is C29H41BN4O. The Morgan fingerprint density at radius 2 is 1.94 bits per heavy atom. The minimum absolute atomic E-state index is 0.191. The molecule has 0 atom stereocenters. The number of aliphatic imine (C=N–C) groups is 1. The standard InChI is InChI=1S/C27H35BN4O.C2H6/c1-6-9-26(28-4)25(7-2)27(31-23-12-14-24(33)15-13-23)30-19(3)20-10-8-11-21(16-20)22-17-29-32(5)18-22;1-2/h6-11,16-18,23-24,31,33H,2,12-15H2,1,3-5H3;1-2H3/b9-6-,27-25-,30-19+;. The van der Waals surface area contributed by atoms with E-state index >= 15 is 0 Å². The molecule has 0 amide bonds. The van der Waals surface area contributed by atoms with Gasteiger partial charge in [-0.05, 0) is 0 Å². The fourth-order valence-electron chi connectivity index (χ4n) is 4.18. The van der Waals surface area contributed by atoms with E-state index in [4.69, 9.17) is 4.99 Å². The fourth-order valence-corrected chi connectivity index (χ4v) is 4.18. The summed E-state index contributed by atoms with van der Waals surface area (Å²) in [5.41, 5.74) is 6.23. The second-order valence-corrected chi connectivity index (χ2v) is 8.54. The number of aliphatic hydroxyl groups excluding tert-OH is 1. The predicted molar refractivity (Wildman–Crippen MR) is 152 cm³/mol. The molecule has 6 heteroatoms. The number of benzene rings is 1. The minimum Gasteiger partial charge on any atom is -0.0683 e. The first-order valence-electron chi connectivity index (χ1n) is 12.7. The molecule has 0 unspecified atom stereocenters. The molecule has 1 saturated carbocycles. The summed E-state index contributed by atoms with van der Waals surface area (Å²) < 4.78 is 1.81. The van der Waals surface area contributed by atoms with Gasteiger partial charge in [0.1, 0.15) is 0 Å². The number of nitrogens with zero attached hydrogens (tertiary/aromatic N) is 3. The third kappa shape index (κ3) is 8.03. The number of allylic oxidation sites excluding steroid dienone is 4. The van der Waals surface area contributed by atoms with Crippen molar-refractivity contribution in [2.45, 2.75) is 72.3 Å². The molecular weight excluding hydrogens is 431 g/mol. The second kappa shape index (κ2) is 14.4. The molecule has 0 radical (unpaired) electrons. The summed E-state index contributed by atoms with van der Waals surface area (Å²) >= 11 is 0. The van der Waals surface area contributed by atoms with Crippen LogP contribution in [0.5, 0.6) is 0 Å². The van der Waals surface area contributed by atoms with Crippen molar-refractivity contribution in [3.05, 3.63) is 78.4 Å². The van der Waals surface area contributed by atoms with Crippen LogP contribution in [0.1, 0.15) is 58.9 Å². The zero-order valence-corrected chi connectivity index (χ0v) is 22.3. The van der Waals surface area contributed by atoms with Crippen LogP contribution in [0.4, 0.5) is 0 Å². The largest absolute Gasteiger partial charge is 0.0683 e. The Morgan fingerprint density at radius 3 is 2.51 bits per heavy atom. The molecule has 2 aromatic rings. The summed E-state index contributed by atoms with van der Waals surface area (Å²) in [6.45, 7) is 16.2. The predicted octanol–water partition coefficient (Wildman–Crippen LogP) is 5.71. The monoisotopic (exact) mass is 472 g/mol. The molecule has 1 aromatic heterocycles. The van der Waals surface area contributed by atoms with Gasteiger partial charge in [0, 0.05) is 0 Å². The van der Waals surface area contributed by atoms with Crippen molar-refractivity contribution in [3.8, 4) is 11.1 Å². The molecule has 0 aliphatic heterocycles. The summed E-state index contributed by atoms with van der Waals surface area (Å²) in [7, 11) is 1.92. The fraction of sp³-hybridized carbons (Fsp3) is 0.414. The first kappa shape index (κ1) is 28.3. The SMILES string of the molecule is C=C/C(C(=BC)/C=C\C)=C(\N=C(/C)c1cccc(-c2cnn(C)c2)c1)NC1CCC(O)CC1.CC. The third-order valence-electron chi connectivity index (χ3n) is 6.06. The summed E-state index contributed by atoms with van der Waals surface area (Å²) in [6.07, 6.45) is 13.2. The van der Waals surface area contributed by atoms with Crippen LogP contribution >= 0.6 is 0 Å². The molecule has 1 aliphatic carbocycles. The topological polar surface area (TPSA) is 62.4 Å². The summed E-state index contributed by atoms with van der Waals surface area (Å²) in [4.78, 5) is 5.08. The van der Waals surface area contributed by atoms with Gasteiger partial charge in [0.25, 0.3) is 0 Å². The Labute approximate surface area is 212 Å². The molecule has 1 heterocycles. The van der Waals surface area contributed by atoms with E-state index in [1.807, 2.05) is 70.8 Å². The van der Waals surface area contributed by atoms with Crippen molar-refractivity contribution in [1.29, 1.82) is 0 Å². The van der Waals surface area contributed by atoms with Crippen LogP contribution in [-0.4, -0.2) is 45.1 Å². The number of rotatable bonds is 8. The molecule has 35 heavy (non-hydrogen) atoms. The van der Waals surface area contributed by atoms with Gasteiger partial charge >= 0.3 is 198 Å². The number of aromatic nitrogens is 2. The van der Waals surface area contributed by atoms with Gasteiger partial charge in [-0.25, -0.2) is 0 Å². The Morgan fingerprint density at radius 1 is 1.23 bits per heavy atom. The van der Waals surface area contributed by atoms with Crippen LogP contribution in [0.25, 0.3) is 11.1 Å². The van der Waals surface area contributed by atoms with E-state index in [9.17, 15) is 5.11 Å². The average Bonchev–Trinajstić information content (AvgIpc) is 3.32. The van der Waals surface area contributed by atoms with Crippen molar-refractivity contribution in [3.63, 3.8) is 0 Å². The summed E-state index contributed by atoms with van der Waals surface area (Å²) in [6, 6.07) is 8.67. The number of hydrogen-bond donors (Lipinski definition) is 2. The molecule has 186 valence electrons. The zero-order valence-electron chi connectivity index (χ0n) is 22.3. The van der Waals surface area contributed by atoms with Crippen molar-refractivity contribution in [2.24, 2.45) is 12.0 Å². The normalized spacial score (nSPS) is 19.4. The van der Waals surface area contributed by atoms with E-state index in [1.54, 1.807) is 0 Å². The van der Waals surface area contributed by atoms with Gasteiger partial charge in [-0.1, -0.05) is 13.8 Å². The van der Waals surface area contributed by atoms with Crippen LogP contribution in [0, 0.1) is 0 Å². The molecule has 3 rings (SSSR count). The molecule has 1 fully saturated rings. The Kier molecular flexibility index (Phi) is 11.6. The first-order valence-corrected chi connectivity index (χ1v) is 12.7. The zero-order chi connectivity index (χ0) is 25.8. The average molecular weight is 472 g/mol. The number of nitrogens with one attached hydrogen (secondary N) is 1. The Bertz CT molecular complexity index is 1090. The van der Waals surface area contributed by atoms with Gasteiger partial charge in [-0.15, -0.1) is 0 Å². The van der Waals surface area contributed by atoms with Crippen LogP contribution in [0.3, 0.4) is 0 Å². The Hall–Kier alpha value is -2.99. The van der Waals surface area contributed by atoms with E-state index in [0.29, 0.717) is 0 Å². The van der Waals surface area contributed by atoms with E-state index in [1.165, 1.54) is 0 Å². The van der Waals surface area contributed by atoms with Gasteiger partial charge in [0.15, 0.2) is 0 Å². The molecule has 0 spiro atoms. The molecule has 1 aliphatic rings. The van der Waals surface area contributed by atoms with Gasteiger partial charge in [0.05, 0.1) is 0 Å². The quantitative estimate of drug-likeness (QED) is 0.294. The van der Waals surface area contributed by atoms with Crippen LogP contribution in [-0.2, 0) is 7.05 Å². The van der Waals surface area contributed by atoms with Crippen molar-refractivity contribution in [1.82, 2.24) is 15.1 Å². The van der Waals surface area contributed by atoms with E-state index in [0.717, 1.165) is 64.9 Å². The summed E-state index contributed by atoms with van der Waals surface area (Å²) in [5.74, 6) is 0.821. The van der Waals surface area contributed by atoms with E-state index < -0.39 is 0 Å². The maximum atomic E-state index is 9.92. The third-order valence-corrected chi connectivity index (χ3v) is 6.06. The van der Waals surface area contributed by atoms with Crippen molar-refractivity contribution in [2.75, 3.05) is 0 Å². The number of hydrogen-bond acceptors (Lipinski definition) is 4. The molecule has 0 saturated heterocycles. The number of aryl methyl sites for hydroxylation is 1. The van der Waals surface area contributed by atoms with Crippen molar-refractivity contribution < 1.29 is 5.11 Å². The molecule has 0 bridgehead atoms. The van der Waals surface area contributed by atoms with Gasteiger partial charge in [0.2, 0.25) is 0 Å². The molecule has 2 N–H and O–H groups in total. The number of aliphatic hydroxyl groups is 1. The van der Waals surface area contributed by atoms with Crippen molar-refractivity contribution >= 4 is 18.1 Å². The van der Waals surface area contributed by atoms with Crippen LogP contribution in [0.15, 0.2) is 77.9 Å². The molecule has 5 nitrogen and oxygen atoms in total. The summed E-state index contributed by atoms with van der Waals surface area (Å²) in [5, 5.41) is 17.9. The van der Waals surface area contributed by atoms with Gasteiger partial charge in [-0.3, -0.25) is 0 Å². The van der Waals surface area contributed by atoms with Crippen LogP contribution in [0.2, 0.25) is 6.82 Å². The molecule has 1 aromatic carbocycles.